The molecule has 0 bridgehead atoms. The molecule has 0 aliphatic carbocycles. The number of aryl methyl sites for hydroxylation is 2. The highest BCUT2D eigenvalue weighted by atomic mass is 19.1. The van der Waals surface area contributed by atoms with Crippen molar-refractivity contribution in [1.82, 2.24) is 0 Å². The Morgan fingerprint density at radius 3 is 2.79 bits per heavy atom. The van der Waals surface area contributed by atoms with Gasteiger partial charge >= 0.3 is 0 Å². The Labute approximate surface area is 85.1 Å². The number of benzene rings is 1. The van der Waals surface area contributed by atoms with E-state index in [0.717, 1.165) is 30.4 Å². The maximum atomic E-state index is 13.3. The van der Waals surface area contributed by atoms with Crippen LogP contribution in [0.2, 0.25) is 0 Å². The quantitative estimate of drug-likeness (QED) is 0.785. The average Bonchev–Trinajstić information content (AvgIpc) is 2.19. The second-order valence-corrected chi connectivity index (χ2v) is 3.80. The highest BCUT2D eigenvalue weighted by Gasteiger charge is 2.04. The van der Waals surface area contributed by atoms with Crippen LogP contribution in [0.15, 0.2) is 18.2 Å². The molecule has 0 aliphatic heterocycles. The van der Waals surface area contributed by atoms with Gasteiger partial charge in [-0.3, -0.25) is 0 Å². The molecule has 2 heteroatoms. The smallest absolute Gasteiger partial charge is 0.126 e. The van der Waals surface area contributed by atoms with Gasteiger partial charge in [-0.1, -0.05) is 24.6 Å². The lowest BCUT2D eigenvalue weighted by atomic mass is 10.0. The molecular formula is C12H18FN. The first-order valence-corrected chi connectivity index (χ1v) is 5.14. The van der Waals surface area contributed by atoms with Crippen LogP contribution in [0.1, 0.15) is 30.9 Å². The first-order valence-electron chi connectivity index (χ1n) is 5.14. The monoisotopic (exact) mass is 195 g/mol. The standard InChI is InChI=1S/C12H18FN/c1-3-11(14)6-5-10-8-9(2)4-7-12(10)13/h4,7-8,11H,3,5-6,14H2,1-2H3. The van der Waals surface area contributed by atoms with Crippen LogP contribution in [0.4, 0.5) is 4.39 Å². The van der Waals surface area contributed by atoms with Gasteiger partial charge in [0.25, 0.3) is 0 Å². The zero-order chi connectivity index (χ0) is 10.6. The van der Waals surface area contributed by atoms with Crippen molar-refractivity contribution >= 4 is 0 Å². The molecular weight excluding hydrogens is 177 g/mol. The fourth-order valence-corrected chi connectivity index (χ4v) is 1.44. The van der Waals surface area contributed by atoms with Crippen molar-refractivity contribution in [3.8, 4) is 0 Å². The third-order valence-corrected chi connectivity index (χ3v) is 2.51. The molecule has 0 saturated heterocycles. The Morgan fingerprint density at radius 2 is 2.14 bits per heavy atom. The van der Waals surface area contributed by atoms with E-state index in [0.29, 0.717) is 0 Å². The summed E-state index contributed by atoms with van der Waals surface area (Å²) < 4.78 is 13.3. The molecule has 1 rings (SSSR count). The summed E-state index contributed by atoms with van der Waals surface area (Å²) in [5.74, 6) is -0.112. The molecule has 1 aromatic carbocycles. The maximum absolute atomic E-state index is 13.3. The number of halogens is 1. The van der Waals surface area contributed by atoms with E-state index in [1.807, 2.05) is 13.0 Å². The number of hydrogen-bond acceptors (Lipinski definition) is 1. The second kappa shape index (κ2) is 5.11. The highest BCUT2D eigenvalue weighted by Crippen LogP contribution is 2.13. The van der Waals surface area contributed by atoms with Crippen LogP contribution in [0, 0.1) is 12.7 Å². The molecule has 1 aromatic rings. The van der Waals surface area contributed by atoms with Gasteiger partial charge in [0.15, 0.2) is 0 Å². The van der Waals surface area contributed by atoms with Gasteiger partial charge in [-0.15, -0.1) is 0 Å². The van der Waals surface area contributed by atoms with E-state index in [4.69, 9.17) is 5.73 Å². The van der Waals surface area contributed by atoms with Gasteiger partial charge in [0.05, 0.1) is 0 Å². The Balaban J connectivity index is 2.62. The number of hydrogen-bond donors (Lipinski definition) is 1. The van der Waals surface area contributed by atoms with Crippen LogP contribution in [-0.4, -0.2) is 6.04 Å². The fraction of sp³-hybridized carbons (Fsp3) is 0.500. The van der Waals surface area contributed by atoms with Crippen molar-refractivity contribution in [1.29, 1.82) is 0 Å². The summed E-state index contributed by atoms with van der Waals surface area (Å²) in [4.78, 5) is 0. The van der Waals surface area contributed by atoms with E-state index in [9.17, 15) is 4.39 Å². The average molecular weight is 195 g/mol. The molecule has 1 atom stereocenters. The lowest BCUT2D eigenvalue weighted by molar-refractivity contribution is 0.566. The molecule has 78 valence electrons. The number of nitrogens with two attached hydrogens (primary N) is 1. The maximum Gasteiger partial charge on any atom is 0.126 e. The molecule has 0 aromatic heterocycles. The predicted octanol–water partition coefficient (Wildman–Crippen LogP) is 2.80. The summed E-state index contributed by atoms with van der Waals surface area (Å²) in [5.41, 5.74) is 7.68. The SMILES string of the molecule is CCC(N)CCc1cc(C)ccc1F. The van der Waals surface area contributed by atoms with E-state index < -0.39 is 0 Å². The van der Waals surface area contributed by atoms with Crippen LogP contribution in [0.25, 0.3) is 0 Å². The molecule has 1 unspecified atom stereocenters. The van der Waals surface area contributed by atoms with Crippen molar-refractivity contribution in [2.75, 3.05) is 0 Å². The molecule has 0 saturated carbocycles. The Bertz CT molecular complexity index is 296. The zero-order valence-corrected chi connectivity index (χ0v) is 8.89. The van der Waals surface area contributed by atoms with Gasteiger partial charge in [0.1, 0.15) is 5.82 Å². The third kappa shape index (κ3) is 3.11. The minimum Gasteiger partial charge on any atom is -0.328 e. The molecule has 0 aliphatic rings. The molecule has 1 nitrogen and oxygen atoms in total. The first-order chi connectivity index (χ1) is 6.63. The highest BCUT2D eigenvalue weighted by molar-refractivity contribution is 5.24. The zero-order valence-electron chi connectivity index (χ0n) is 8.89. The summed E-state index contributed by atoms with van der Waals surface area (Å²) in [5, 5.41) is 0. The molecule has 0 radical (unpaired) electrons. The summed E-state index contributed by atoms with van der Waals surface area (Å²) in [6.07, 6.45) is 2.55. The van der Waals surface area contributed by atoms with Gasteiger partial charge < -0.3 is 5.73 Å². The van der Waals surface area contributed by atoms with Gasteiger partial charge in [-0.05, 0) is 37.8 Å². The van der Waals surface area contributed by atoms with E-state index in [1.165, 1.54) is 6.07 Å². The molecule has 0 fully saturated rings. The van der Waals surface area contributed by atoms with Gasteiger partial charge in [-0.2, -0.15) is 0 Å². The van der Waals surface area contributed by atoms with Gasteiger partial charge in [-0.25, -0.2) is 4.39 Å². The Kier molecular flexibility index (Phi) is 4.08. The predicted molar refractivity (Wildman–Crippen MR) is 57.7 cm³/mol. The first kappa shape index (κ1) is 11.2. The van der Waals surface area contributed by atoms with E-state index in [1.54, 1.807) is 6.07 Å². The van der Waals surface area contributed by atoms with E-state index in [-0.39, 0.29) is 11.9 Å². The van der Waals surface area contributed by atoms with Crippen LogP contribution in [0.5, 0.6) is 0 Å². The largest absolute Gasteiger partial charge is 0.328 e. The summed E-state index contributed by atoms with van der Waals surface area (Å²) in [7, 11) is 0. The van der Waals surface area contributed by atoms with Crippen LogP contribution < -0.4 is 5.73 Å². The van der Waals surface area contributed by atoms with Crippen molar-refractivity contribution < 1.29 is 4.39 Å². The van der Waals surface area contributed by atoms with Crippen molar-refractivity contribution in [3.05, 3.63) is 35.1 Å². The minimum absolute atomic E-state index is 0.112. The summed E-state index contributed by atoms with van der Waals surface area (Å²) in [6.45, 7) is 4.03. The lowest BCUT2D eigenvalue weighted by Crippen LogP contribution is -2.19. The Morgan fingerprint density at radius 1 is 1.43 bits per heavy atom. The van der Waals surface area contributed by atoms with E-state index in [2.05, 4.69) is 6.92 Å². The molecule has 0 heterocycles. The second-order valence-electron chi connectivity index (χ2n) is 3.80. The lowest BCUT2D eigenvalue weighted by Gasteiger charge is -2.09. The molecule has 2 N–H and O–H groups in total. The van der Waals surface area contributed by atoms with Crippen LogP contribution in [-0.2, 0) is 6.42 Å². The molecule has 0 amide bonds. The Hall–Kier alpha value is -0.890. The van der Waals surface area contributed by atoms with Crippen molar-refractivity contribution in [3.63, 3.8) is 0 Å². The topological polar surface area (TPSA) is 26.0 Å². The molecule has 0 spiro atoms. The van der Waals surface area contributed by atoms with Crippen molar-refractivity contribution in [2.24, 2.45) is 5.73 Å². The van der Waals surface area contributed by atoms with Crippen LogP contribution >= 0.6 is 0 Å². The van der Waals surface area contributed by atoms with Crippen molar-refractivity contribution in [2.45, 2.75) is 39.2 Å². The normalized spacial score (nSPS) is 12.9. The minimum atomic E-state index is -0.112. The fourth-order valence-electron chi connectivity index (χ4n) is 1.44. The summed E-state index contributed by atoms with van der Waals surface area (Å²) in [6, 6.07) is 5.41. The third-order valence-electron chi connectivity index (χ3n) is 2.51. The van der Waals surface area contributed by atoms with Gasteiger partial charge in [0, 0.05) is 6.04 Å². The van der Waals surface area contributed by atoms with Crippen LogP contribution in [0.3, 0.4) is 0 Å². The summed E-state index contributed by atoms with van der Waals surface area (Å²) >= 11 is 0. The van der Waals surface area contributed by atoms with E-state index >= 15 is 0 Å². The molecule has 14 heavy (non-hydrogen) atoms. The number of rotatable bonds is 4. The van der Waals surface area contributed by atoms with Gasteiger partial charge in [0.2, 0.25) is 0 Å².